The maximum Gasteiger partial charge on any atom is 0.318 e. The minimum absolute atomic E-state index is 0.255. The van der Waals surface area contributed by atoms with Crippen molar-refractivity contribution >= 4 is 28.5 Å². The van der Waals surface area contributed by atoms with E-state index in [9.17, 15) is 13.6 Å². The second-order valence-electron chi connectivity index (χ2n) is 5.85. The number of allylic oxidation sites excluding steroid dienone is 3. The van der Waals surface area contributed by atoms with E-state index in [1.165, 1.54) is 6.20 Å². The Labute approximate surface area is 149 Å². The van der Waals surface area contributed by atoms with Crippen LogP contribution in [0, 0.1) is 0 Å². The van der Waals surface area contributed by atoms with Crippen LogP contribution in [0.1, 0.15) is 44.6 Å². The Bertz CT molecular complexity index is 728. The van der Waals surface area contributed by atoms with Crippen LogP contribution in [0.4, 0.5) is 10.6 Å². The molecule has 1 aromatic rings. The molecule has 1 atom stereocenters. The average Bonchev–Trinajstić information content (AvgIpc) is 3.38. The smallest absolute Gasteiger partial charge is 0.318 e. The summed E-state index contributed by atoms with van der Waals surface area (Å²) in [6, 6.07) is 1.28. The van der Waals surface area contributed by atoms with E-state index in [0.29, 0.717) is 30.9 Å². The lowest BCUT2D eigenvalue weighted by Gasteiger charge is -2.12. The molecule has 1 aromatic heterocycles. The molecule has 2 amide bonds. The van der Waals surface area contributed by atoms with Crippen molar-refractivity contribution in [2.75, 3.05) is 12.3 Å². The summed E-state index contributed by atoms with van der Waals surface area (Å²) in [5.41, 5.74) is 7.03. The van der Waals surface area contributed by atoms with Gasteiger partial charge >= 0.3 is 6.03 Å². The highest BCUT2D eigenvalue weighted by atomic mass is 32.2. The third kappa shape index (κ3) is 4.86. The highest BCUT2D eigenvalue weighted by Crippen LogP contribution is 2.50. The maximum atomic E-state index is 11.6. The summed E-state index contributed by atoms with van der Waals surface area (Å²) in [4.78, 5) is 20.0. The number of amides is 2. The number of hydrogen-bond acceptors (Lipinski definition) is 5. The second kappa shape index (κ2) is 8.21. The molecule has 5 N–H and O–H groups in total. The Kier molecular flexibility index (Phi) is 6.27. The van der Waals surface area contributed by atoms with Gasteiger partial charge < -0.3 is 20.9 Å². The van der Waals surface area contributed by atoms with Crippen LogP contribution < -0.4 is 16.4 Å². The Balaban J connectivity index is 2.09. The first kappa shape index (κ1) is 19.1. The fourth-order valence-corrected chi connectivity index (χ4v) is 2.92. The van der Waals surface area contributed by atoms with Crippen molar-refractivity contribution < 1.29 is 13.6 Å². The zero-order valence-electron chi connectivity index (χ0n) is 14.3. The SMILES string of the molecule is CCCNC(=O)N/C=C/C=C(\C)c1nc(N)cc(C2(S(=O)O)CC2)n1. The molecule has 0 aromatic carbocycles. The molecular weight excluding hydrogens is 342 g/mol. The van der Waals surface area contributed by atoms with E-state index in [4.69, 9.17) is 5.73 Å². The number of aromatic nitrogens is 2. The van der Waals surface area contributed by atoms with E-state index < -0.39 is 15.8 Å². The normalized spacial score (nSPS) is 17.3. The molecule has 9 heteroatoms. The monoisotopic (exact) mass is 365 g/mol. The van der Waals surface area contributed by atoms with Crippen LogP contribution in [0.25, 0.3) is 5.57 Å². The number of nitrogens with one attached hydrogen (secondary N) is 2. The minimum atomic E-state index is -1.99. The number of nitrogens with two attached hydrogens (primary N) is 1. The largest absolute Gasteiger partial charge is 0.384 e. The number of carbonyl (C=O) groups is 1. The van der Waals surface area contributed by atoms with Crippen molar-refractivity contribution in [3.8, 4) is 0 Å². The van der Waals surface area contributed by atoms with Gasteiger partial charge in [0.25, 0.3) is 0 Å². The highest BCUT2D eigenvalue weighted by molar-refractivity contribution is 7.80. The van der Waals surface area contributed by atoms with Crippen LogP contribution in [0.15, 0.2) is 24.4 Å². The number of carbonyl (C=O) groups excluding carboxylic acids is 1. The summed E-state index contributed by atoms with van der Waals surface area (Å²) in [6.07, 6.45) is 6.97. The Morgan fingerprint density at radius 2 is 2.20 bits per heavy atom. The zero-order valence-corrected chi connectivity index (χ0v) is 15.1. The van der Waals surface area contributed by atoms with Gasteiger partial charge in [-0.25, -0.2) is 19.0 Å². The molecule has 136 valence electrons. The van der Waals surface area contributed by atoms with Gasteiger partial charge in [-0.05, 0) is 37.8 Å². The molecule has 8 nitrogen and oxygen atoms in total. The molecule has 0 saturated heterocycles. The van der Waals surface area contributed by atoms with E-state index in [1.807, 2.05) is 6.92 Å². The van der Waals surface area contributed by atoms with Crippen molar-refractivity contribution in [1.29, 1.82) is 0 Å². The molecule has 1 fully saturated rings. The minimum Gasteiger partial charge on any atom is -0.384 e. The van der Waals surface area contributed by atoms with Crippen molar-refractivity contribution in [2.24, 2.45) is 0 Å². The fourth-order valence-electron chi connectivity index (χ4n) is 2.19. The van der Waals surface area contributed by atoms with Crippen LogP contribution in [0.3, 0.4) is 0 Å². The van der Waals surface area contributed by atoms with Gasteiger partial charge in [0, 0.05) is 18.8 Å². The summed E-state index contributed by atoms with van der Waals surface area (Å²) in [5, 5.41) is 5.27. The molecule has 1 heterocycles. The van der Waals surface area contributed by atoms with Gasteiger partial charge in [0.05, 0.1) is 5.69 Å². The van der Waals surface area contributed by atoms with E-state index in [1.54, 1.807) is 25.1 Å². The van der Waals surface area contributed by atoms with E-state index >= 15 is 0 Å². The Hall–Kier alpha value is -2.26. The summed E-state index contributed by atoms with van der Waals surface area (Å²) >= 11 is -1.99. The van der Waals surface area contributed by atoms with E-state index in [-0.39, 0.29) is 11.8 Å². The van der Waals surface area contributed by atoms with Crippen LogP contribution in [-0.4, -0.2) is 31.3 Å². The average molecular weight is 365 g/mol. The fraction of sp³-hybridized carbons (Fsp3) is 0.438. The molecule has 0 bridgehead atoms. The maximum absolute atomic E-state index is 11.6. The number of anilines is 1. The molecule has 1 aliphatic rings. The molecule has 1 aliphatic carbocycles. The van der Waals surface area contributed by atoms with Gasteiger partial charge in [-0.2, -0.15) is 0 Å². The zero-order chi connectivity index (χ0) is 18.4. The number of hydrogen-bond donors (Lipinski definition) is 4. The molecule has 1 saturated carbocycles. The predicted molar refractivity (Wildman–Crippen MR) is 97.7 cm³/mol. The molecule has 2 rings (SSSR count). The lowest BCUT2D eigenvalue weighted by molar-refractivity contribution is 0.244. The molecular formula is C16H23N5O3S. The molecule has 1 unspecified atom stereocenters. The lowest BCUT2D eigenvalue weighted by Crippen LogP contribution is -2.32. The summed E-state index contributed by atoms with van der Waals surface area (Å²) in [5.74, 6) is 0.650. The van der Waals surface area contributed by atoms with Crippen LogP contribution >= 0.6 is 0 Å². The first-order valence-electron chi connectivity index (χ1n) is 8.03. The van der Waals surface area contributed by atoms with Gasteiger partial charge in [-0.3, -0.25) is 0 Å². The third-order valence-corrected chi connectivity index (χ3v) is 5.08. The molecule has 25 heavy (non-hydrogen) atoms. The van der Waals surface area contributed by atoms with Crippen LogP contribution in [-0.2, 0) is 15.8 Å². The third-order valence-electron chi connectivity index (χ3n) is 3.80. The topological polar surface area (TPSA) is 130 Å². The molecule has 0 radical (unpaired) electrons. The quantitative estimate of drug-likeness (QED) is 0.431. The van der Waals surface area contributed by atoms with E-state index in [2.05, 4.69) is 20.6 Å². The summed E-state index contributed by atoms with van der Waals surface area (Å²) in [6.45, 7) is 4.39. The van der Waals surface area contributed by atoms with Crippen molar-refractivity contribution in [3.05, 3.63) is 35.9 Å². The van der Waals surface area contributed by atoms with Crippen molar-refractivity contribution in [1.82, 2.24) is 20.6 Å². The first-order valence-corrected chi connectivity index (χ1v) is 9.14. The van der Waals surface area contributed by atoms with Crippen molar-refractivity contribution in [3.63, 3.8) is 0 Å². The Morgan fingerprint density at radius 3 is 2.80 bits per heavy atom. The highest BCUT2D eigenvalue weighted by Gasteiger charge is 2.52. The van der Waals surface area contributed by atoms with Crippen LogP contribution in [0.2, 0.25) is 0 Å². The first-order chi connectivity index (χ1) is 11.9. The lowest BCUT2D eigenvalue weighted by atomic mass is 10.2. The van der Waals surface area contributed by atoms with Gasteiger partial charge in [0.1, 0.15) is 10.6 Å². The van der Waals surface area contributed by atoms with Crippen LogP contribution in [0.5, 0.6) is 0 Å². The number of nitrogen functional groups attached to an aromatic ring is 1. The number of urea groups is 1. The summed E-state index contributed by atoms with van der Waals surface area (Å²) in [7, 11) is 0. The van der Waals surface area contributed by atoms with Gasteiger partial charge in [0.2, 0.25) is 0 Å². The van der Waals surface area contributed by atoms with Gasteiger partial charge in [-0.15, -0.1) is 0 Å². The van der Waals surface area contributed by atoms with Gasteiger partial charge in [0.15, 0.2) is 16.9 Å². The number of rotatable bonds is 7. The molecule has 0 aliphatic heterocycles. The standard InChI is InChI=1S/C16H23N5O3S/c1-3-8-18-15(22)19-9-4-5-11(2)14-20-12(10-13(17)21-14)16(6-7-16)25(23)24/h4-5,9-10H,3,6-8H2,1-2H3,(H,23,24)(H2,17,20,21)(H2,18,19,22)/b9-4+,11-5+. The predicted octanol–water partition coefficient (Wildman–Crippen LogP) is 1.90. The van der Waals surface area contributed by atoms with E-state index in [0.717, 1.165) is 12.0 Å². The number of nitrogens with zero attached hydrogens (tertiary/aromatic N) is 2. The second-order valence-corrected chi connectivity index (χ2v) is 7.13. The Morgan fingerprint density at radius 1 is 1.48 bits per heavy atom. The summed E-state index contributed by atoms with van der Waals surface area (Å²) < 4.78 is 20.2. The molecule has 0 spiro atoms. The van der Waals surface area contributed by atoms with Crippen molar-refractivity contribution in [2.45, 2.75) is 37.9 Å². The van der Waals surface area contributed by atoms with Gasteiger partial charge in [-0.1, -0.05) is 13.0 Å².